The average Bonchev–Trinajstić information content (AvgIpc) is 2.79. The van der Waals surface area contributed by atoms with E-state index in [0.29, 0.717) is 49.8 Å². The quantitative estimate of drug-likeness (QED) is 0.720. The highest BCUT2D eigenvalue weighted by Gasteiger charge is 2.33. The number of carbonyl (C=O) groups excluding carboxylic acids is 2. The van der Waals surface area contributed by atoms with Gasteiger partial charge in [-0.05, 0) is 42.3 Å². The van der Waals surface area contributed by atoms with Gasteiger partial charge >= 0.3 is 0 Å². The molecule has 2 aliphatic rings. The predicted molar refractivity (Wildman–Crippen MR) is 115 cm³/mol. The highest BCUT2D eigenvalue weighted by Crippen LogP contribution is 2.32. The Hall–Kier alpha value is -2.44. The van der Waals surface area contributed by atoms with Gasteiger partial charge in [-0.25, -0.2) is 0 Å². The van der Waals surface area contributed by atoms with Crippen LogP contribution in [0.2, 0.25) is 10.0 Å². The summed E-state index contributed by atoms with van der Waals surface area (Å²) in [6.07, 6.45) is 0.614. The molecule has 1 fully saturated rings. The van der Waals surface area contributed by atoms with Gasteiger partial charge in [-0.15, -0.1) is 0 Å². The lowest BCUT2D eigenvalue weighted by atomic mass is 9.95. The monoisotopic (exact) mass is 448 g/mol. The number of nitrogens with zero attached hydrogens (tertiary/aromatic N) is 2. The number of hydrogen-bond acceptors (Lipinski definition) is 4. The molecule has 1 saturated heterocycles. The zero-order valence-electron chi connectivity index (χ0n) is 16.6. The van der Waals surface area contributed by atoms with Gasteiger partial charge in [0.15, 0.2) is 0 Å². The fourth-order valence-corrected chi connectivity index (χ4v) is 4.27. The van der Waals surface area contributed by atoms with Gasteiger partial charge in [0.2, 0.25) is 5.91 Å². The number of rotatable bonds is 3. The van der Waals surface area contributed by atoms with Crippen LogP contribution in [0.1, 0.15) is 15.9 Å². The van der Waals surface area contributed by atoms with E-state index < -0.39 is 0 Å². The van der Waals surface area contributed by atoms with Gasteiger partial charge in [0.25, 0.3) is 5.91 Å². The number of benzene rings is 2. The molecule has 2 heterocycles. The standard InChI is InChI=1S/C22H22Cl2N2O4/c1-29-16-5-6-19-14(12-16)11-15(13-30-19)21(27)25-7-9-26(10-8-25)22(28)17-3-2-4-18(23)20(17)24/h2-6,12,15H,7-11,13H2,1H3. The molecule has 2 aliphatic heterocycles. The molecule has 1 atom stereocenters. The zero-order chi connectivity index (χ0) is 21.3. The van der Waals surface area contributed by atoms with Crippen LogP contribution in [0.5, 0.6) is 11.5 Å². The minimum absolute atomic E-state index is 0.0522. The van der Waals surface area contributed by atoms with Crippen LogP contribution >= 0.6 is 23.2 Å². The summed E-state index contributed by atoms with van der Waals surface area (Å²) in [6, 6.07) is 10.7. The maximum atomic E-state index is 13.0. The molecule has 0 aromatic heterocycles. The Bertz CT molecular complexity index is 974. The second kappa shape index (κ2) is 8.74. The van der Waals surface area contributed by atoms with Gasteiger partial charge in [0.05, 0.1) is 28.6 Å². The first-order chi connectivity index (χ1) is 14.5. The first-order valence-corrected chi connectivity index (χ1v) is 10.6. The number of methoxy groups -OCH3 is 1. The molecule has 1 unspecified atom stereocenters. The summed E-state index contributed by atoms with van der Waals surface area (Å²) < 4.78 is 11.1. The van der Waals surface area contributed by atoms with E-state index >= 15 is 0 Å². The SMILES string of the molecule is COc1ccc2c(c1)CC(C(=O)N1CCN(C(=O)c3cccc(Cl)c3Cl)CC1)CO2. The maximum Gasteiger partial charge on any atom is 0.255 e. The fourth-order valence-electron chi connectivity index (χ4n) is 3.88. The number of carbonyl (C=O) groups is 2. The van der Waals surface area contributed by atoms with Crippen molar-refractivity contribution in [2.24, 2.45) is 5.92 Å². The van der Waals surface area contributed by atoms with Gasteiger partial charge in [-0.1, -0.05) is 29.3 Å². The number of piperazine rings is 1. The number of amides is 2. The van der Waals surface area contributed by atoms with E-state index in [9.17, 15) is 9.59 Å². The summed E-state index contributed by atoms with van der Waals surface area (Å²) in [6.45, 7) is 2.21. The molecule has 0 radical (unpaired) electrons. The zero-order valence-corrected chi connectivity index (χ0v) is 18.1. The van der Waals surface area contributed by atoms with Crippen molar-refractivity contribution in [3.05, 3.63) is 57.6 Å². The lowest BCUT2D eigenvalue weighted by Gasteiger charge is -2.37. The molecule has 0 saturated carbocycles. The van der Waals surface area contributed by atoms with Crippen molar-refractivity contribution in [2.75, 3.05) is 39.9 Å². The first-order valence-electron chi connectivity index (χ1n) is 9.79. The van der Waals surface area contributed by atoms with Crippen molar-refractivity contribution in [3.8, 4) is 11.5 Å². The number of halogens is 2. The van der Waals surface area contributed by atoms with Gasteiger partial charge < -0.3 is 19.3 Å². The first kappa shape index (κ1) is 20.8. The van der Waals surface area contributed by atoms with E-state index in [1.54, 1.807) is 30.2 Å². The molecule has 6 nitrogen and oxygen atoms in total. The third-order valence-electron chi connectivity index (χ3n) is 5.58. The highest BCUT2D eigenvalue weighted by atomic mass is 35.5. The van der Waals surface area contributed by atoms with Gasteiger partial charge in [-0.3, -0.25) is 9.59 Å². The highest BCUT2D eigenvalue weighted by molar-refractivity contribution is 6.43. The van der Waals surface area contributed by atoms with Gasteiger partial charge in [0.1, 0.15) is 18.1 Å². The van der Waals surface area contributed by atoms with E-state index in [0.717, 1.165) is 17.1 Å². The molecule has 2 amide bonds. The molecule has 0 aliphatic carbocycles. The largest absolute Gasteiger partial charge is 0.497 e. The Kier molecular flexibility index (Phi) is 6.06. The van der Waals surface area contributed by atoms with E-state index in [-0.39, 0.29) is 22.8 Å². The molecule has 0 spiro atoms. The Morgan fingerprint density at radius 3 is 2.53 bits per heavy atom. The molecule has 0 bridgehead atoms. The second-order valence-corrected chi connectivity index (χ2v) is 8.19. The van der Waals surface area contributed by atoms with Crippen LogP contribution in [0.25, 0.3) is 0 Å². The molecule has 4 rings (SSSR count). The van der Waals surface area contributed by atoms with Crippen molar-refractivity contribution >= 4 is 35.0 Å². The van der Waals surface area contributed by atoms with Crippen LogP contribution in [0, 0.1) is 5.92 Å². The van der Waals surface area contributed by atoms with E-state index in [1.807, 2.05) is 23.1 Å². The van der Waals surface area contributed by atoms with Crippen molar-refractivity contribution < 1.29 is 19.1 Å². The summed E-state index contributed by atoms with van der Waals surface area (Å²) in [4.78, 5) is 29.3. The topological polar surface area (TPSA) is 59.1 Å². The Morgan fingerprint density at radius 1 is 1.07 bits per heavy atom. The second-order valence-electron chi connectivity index (χ2n) is 7.40. The van der Waals surface area contributed by atoms with Crippen molar-refractivity contribution in [2.45, 2.75) is 6.42 Å². The maximum absolute atomic E-state index is 13.0. The molecule has 0 N–H and O–H groups in total. The van der Waals surface area contributed by atoms with Gasteiger partial charge in [-0.2, -0.15) is 0 Å². The molecular weight excluding hydrogens is 427 g/mol. The Balaban J connectivity index is 1.37. The minimum atomic E-state index is -0.241. The minimum Gasteiger partial charge on any atom is -0.497 e. The summed E-state index contributed by atoms with van der Waals surface area (Å²) in [5, 5.41) is 0.613. The van der Waals surface area contributed by atoms with Crippen LogP contribution in [0.15, 0.2) is 36.4 Å². The Labute approximate surface area is 185 Å². The number of ether oxygens (including phenoxy) is 2. The van der Waals surface area contributed by atoms with E-state index in [1.165, 1.54) is 0 Å². The normalized spacial score (nSPS) is 18.4. The molecule has 158 valence electrons. The van der Waals surface area contributed by atoms with E-state index in [4.69, 9.17) is 32.7 Å². The summed E-state index contributed by atoms with van der Waals surface area (Å²) in [5.74, 6) is 1.19. The van der Waals surface area contributed by atoms with Crippen molar-refractivity contribution in [3.63, 3.8) is 0 Å². The van der Waals surface area contributed by atoms with Crippen LogP contribution in [0.3, 0.4) is 0 Å². The Morgan fingerprint density at radius 2 is 1.80 bits per heavy atom. The molecule has 30 heavy (non-hydrogen) atoms. The molecular formula is C22H22Cl2N2O4. The molecule has 8 heteroatoms. The van der Waals surface area contributed by atoms with E-state index in [2.05, 4.69) is 0 Å². The summed E-state index contributed by atoms with van der Waals surface area (Å²) >= 11 is 12.2. The van der Waals surface area contributed by atoms with Crippen LogP contribution < -0.4 is 9.47 Å². The fraction of sp³-hybridized carbons (Fsp3) is 0.364. The van der Waals surface area contributed by atoms with Crippen LogP contribution in [-0.4, -0.2) is 61.5 Å². The third kappa shape index (κ3) is 4.07. The average molecular weight is 449 g/mol. The summed E-state index contributed by atoms with van der Waals surface area (Å²) in [7, 11) is 1.62. The van der Waals surface area contributed by atoms with Crippen molar-refractivity contribution in [1.29, 1.82) is 0 Å². The van der Waals surface area contributed by atoms with Crippen LogP contribution in [0.4, 0.5) is 0 Å². The van der Waals surface area contributed by atoms with Crippen LogP contribution in [-0.2, 0) is 11.2 Å². The van der Waals surface area contributed by atoms with Gasteiger partial charge in [0, 0.05) is 26.2 Å². The number of fused-ring (bicyclic) bond motifs is 1. The molecule has 2 aromatic rings. The lowest BCUT2D eigenvalue weighted by molar-refractivity contribution is -0.138. The summed E-state index contributed by atoms with van der Waals surface area (Å²) in [5.41, 5.74) is 1.36. The lowest BCUT2D eigenvalue weighted by Crippen LogP contribution is -2.53. The number of hydrogen-bond donors (Lipinski definition) is 0. The smallest absolute Gasteiger partial charge is 0.255 e. The van der Waals surface area contributed by atoms with Crippen molar-refractivity contribution in [1.82, 2.24) is 9.80 Å². The third-order valence-corrected chi connectivity index (χ3v) is 6.40. The molecule has 2 aromatic carbocycles. The predicted octanol–water partition coefficient (Wildman–Crippen LogP) is 3.54.